The summed E-state index contributed by atoms with van der Waals surface area (Å²) in [6.07, 6.45) is -0.366. The minimum absolute atomic E-state index is 0.00902. The van der Waals surface area contributed by atoms with Gasteiger partial charge < -0.3 is 9.64 Å². The molecule has 4 aromatic carbocycles. The van der Waals surface area contributed by atoms with E-state index in [0.29, 0.717) is 17.9 Å². The molecule has 0 radical (unpaired) electrons. The number of carbonyl (C=O) groups is 1. The van der Waals surface area contributed by atoms with Gasteiger partial charge in [-0.2, -0.15) is 5.26 Å². The van der Waals surface area contributed by atoms with Crippen molar-refractivity contribution in [2.75, 3.05) is 16.4 Å². The fourth-order valence-electron chi connectivity index (χ4n) is 4.40. The number of nitrogens with zero attached hydrogens (tertiary/aromatic N) is 3. The molecule has 4 aromatic rings. The number of rotatable bonds is 6. The zero-order valence-electron chi connectivity index (χ0n) is 18.5. The molecule has 1 aliphatic rings. The number of benzene rings is 4. The number of hydrogen-bond acceptors (Lipinski definition) is 4. The highest BCUT2D eigenvalue weighted by atomic mass is 16.5. The second-order valence-electron chi connectivity index (χ2n) is 8.03. The van der Waals surface area contributed by atoms with E-state index in [1.165, 1.54) is 0 Å². The summed E-state index contributed by atoms with van der Waals surface area (Å²) < 4.78 is 5.45. The van der Waals surface area contributed by atoms with Gasteiger partial charge in [0.1, 0.15) is 18.0 Å². The smallest absolute Gasteiger partial charge is 0.262 e. The molecular formula is C29H23N3O2. The summed E-state index contributed by atoms with van der Waals surface area (Å²) in [5.74, 6) is 0.578. The van der Waals surface area contributed by atoms with Gasteiger partial charge in [-0.15, -0.1) is 0 Å². The summed E-state index contributed by atoms with van der Waals surface area (Å²) in [6, 6.07) is 37.4. The van der Waals surface area contributed by atoms with E-state index in [1.807, 2.05) is 108 Å². The highest BCUT2D eigenvalue weighted by molar-refractivity contribution is 6.12. The molecule has 0 aliphatic carbocycles. The van der Waals surface area contributed by atoms with Crippen molar-refractivity contribution in [2.24, 2.45) is 0 Å². The Morgan fingerprint density at radius 3 is 2.15 bits per heavy atom. The molecular weight excluding hydrogens is 422 g/mol. The van der Waals surface area contributed by atoms with Crippen LogP contribution in [0.4, 0.5) is 11.4 Å². The third-order valence-electron chi connectivity index (χ3n) is 5.91. The number of para-hydroxylation sites is 2. The molecule has 1 amide bonds. The maximum atomic E-state index is 13.8. The topological polar surface area (TPSA) is 56.6 Å². The van der Waals surface area contributed by atoms with Crippen LogP contribution in [0.25, 0.3) is 0 Å². The van der Waals surface area contributed by atoms with Crippen LogP contribution in [-0.2, 0) is 6.54 Å². The molecule has 166 valence electrons. The van der Waals surface area contributed by atoms with Crippen LogP contribution >= 0.6 is 0 Å². The quantitative estimate of drug-likeness (QED) is 0.368. The van der Waals surface area contributed by atoms with Crippen molar-refractivity contribution in [2.45, 2.75) is 12.7 Å². The van der Waals surface area contributed by atoms with Crippen LogP contribution in [-0.4, -0.2) is 12.5 Å². The molecule has 1 aliphatic heterocycles. The molecule has 0 spiro atoms. The first kappa shape index (κ1) is 21.3. The molecule has 0 bridgehead atoms. The van der Waals surface area contributed by atoms with Crippen molar-refractivity contribution >= 4 is 17.3 Å². The zero-order chi connectivity index (χ0) is 23.3. The molecule has 0 N–H and O–H groups in total. The van der Waals surface area contributed by atoms with Gasteiger partial charge in [-0.1, -0.05) is 72.8 Å². The normalized spacial score (nSPS) is 14.9. The average molecular weight is 446 g/mol. The van der Waals surface area contributed by atoms with Crippen LogP contribution in [0.3, 0.4) is 0 Å². The molecule has 5 heteroatoms. The van der Waals surface area contributed by atoms with E-state index in [9.17, 15) is 4.79 Å². The number of hydrogen-bond donors (Lipinski definition) is 0. The fraction of sp³-hybridized carbons (Fsp3) is 0.103. The van der Waals surface area contributed by atoms with Crippen LogP contribution in [0, 0.1) is 11.3 Å². The van der Waals surface area contributed by atoms with Crippen LogP contribution in [0.1, 0.15) is 27.7 Å². The van der Waals surface area contributed by atoms with Gasteiger partial charge in [0.2, 0.25) is 0 Å². The van der Waals surface area contributed by atoms with E-state index >= 15 is 0 Å². The van der Waals surface area contributed by atoms with Crippen LogP contribution in [0.2, 0.25) is 0 Å². The van der Waals surface area contributed by atoms with E-state index in [2.05, 4.69) is 17.0 Å². The Morgan fingerprint density at radius 1 is 0.794 bits per heavy atom. The number of anilines is 2. The van der Waals surface area contributed by atoms with Gasteiger partial charge in [0.25, 0.3) is 5.91 Å². The summed E-state index contributed by atoms with van der Waals surface area (Å²) in [6.45, 7) is 0.622. The molecule has 0 saturated carbocycles. The summed E-state index contributed by atoms with van der Waals surface area (Å²) in [5, 5.41) is 8.82. The van der Waals surface area contributed by atoms with E-state index in [-0.39, 0.29) is 18.7 Å². The van der Waals surface area contributed by atoms with Gasteiger partial charge >= 0.3 is 0 Å². The summed E-state index contributed by atoms with van der Waals surface area (Å²) in [5.41, 5.74) is 4.51. The molecule has 1 atom stereocenters. The van der Waals surface area contributed by atoms with Gasteiger partial charge in [0.15, 0.2) is 6.61 Å². The van der Waals surface area contributed by atoms with Gasteiger partial charge in [-0.05, 0) is 47.5 Å². The molecule has 0 fully saturated rings. The molecule has 34 heavy (non-hydrogen) atoms. The molecule has 1 heterocycles. The Labute approximate surface area is 199 Å². The molecule has 0 unspecified atom stereocenters. The number of fused-ring (bicyclic) bond motifs is 1. The second kappa shape index (κ2) is 9.51. The monoisotopic (exact) mass is 445 g/mol. The SMILES string of the molecule is N#CCOc1ccc([C@@H]2N(Cc3ccccc3)c3ccccc3C(=O)N2c2ccccc2)cc1. The Morgan fingerprint density at radius 2 is 1.44 bits per heavy atom. The lowest BCUT2D eigenvalue weighted by molar-refractivity contribution is 0.0968. The van der Waals surface area contributed by atoms with E-state index in [4.69, 9.17) is 10.00 Å². The molecule has 5 nitrogen and oxygen atoms in total. The minimum Gasteiger partial charge on any atom is -0.479 e. The second-order valence-corrected chi connectivity index (χ2v) is 8.03. The first-order valence-electron chi connectivity index (χ1n) is 11.1. The zero-order valence-corrected chi connectivity index (χ0v) is 18.5. The van der Waals surface area contributed by atoms with Gasteiger partial charge in [0, 0.05) is 12.2 Å². The Kier molecular flexibility index (Phi) is 5.96. The third-order valence-corrected chi connectivity index (χ3v) is 5.91. The van der Waals surface area contributed by atoms with Crippen LogP contribution < -0.4 is 14.5 Å². The van der Waals surface area contributed by atoms with Crippen molar-refractivity contribution < 1.29 is 9.53 Å². The predicted molar refractivity (Wildman–Crippen MR) is 133 cm³/mol. The summed E-state index contributed by atoms with van der Waals surface area (Å²) in [7, 11) is 0. The van der Waals surface area contributed by atoms with Crippen molar-refractivity contribution in [1.82, 2.24) is 0 Å². The van der Waals surface area contributed by atoms with Crippen molar-refractivity contribution in [3.8, 4) is 11.8 Å². The number of nitriles is 1. The number of amides is 1. The highest BCUT2D eigenvalue weighted by Crippen LogP contribution is 2.42. The minimum atomic E-state index is -0.366. The average Bonchev–Trinajstić information content (AvgIpc) is 2.90. The number of ether oxygens (including phenoxy) is 1. The van der Waals surface area contributed by atoms with E-state index in [0.717, 1.165) is 22.5 Å². The first-order chi connectivity index (χ1) is 16.8. The van der Waals surface area contributed by atoms with Crippen molar-refractivity contribution in [3.05, 3.63) is 126 Å². The van der Waals surface area contributed by atoms with Crippen molar-refractivity contribution in [1.29, 1.82) is 5.26 Å². The summed E-state index contributed by atoms with van der Waals surface area (Å²) >= 11 is 0. The first-order valence-corrected chi connectivity index (χ1v) is 11.1. The van der Waals surface area contributed by atoms with E-state index < -0.39 is 0 Å². The summed E-state index contributed by atoms with van der Waals surface area (Å²) in [4.78, 5) is 18.0. The van der Waals surface area contributed by atoms with Gasteiger partial charge in [-0.25, -0.2) is 0 Å². The van der Waals surface area contributed by atoms with Gasteiger partial charge in [-0.3, -0.25) is 9.69 Å². The maximum Gasteiger partial charge on any atom is 0.262 e. The third kappa shape index (κ3) is 4.10. The molecule has 0 aromatic heterocycles. The lowest BCUT2D eigenvalue weighted by atomic mass is 9.99. The van der Waals surface area contributed by atoms with Crippen LogP contribution in [0.15, 0.2) is 109 Å². The predicted octanol–water partition coefficient (Wildman–Crippen LogP) is 5.95. The lowest BCUT2D eigenvalue weighted by Gasteiger charge is -2.46. The Bertz CT molecular complexity index is 1320. The van der Waals surface area contributed by atoms with E-state index in [1.54, 1.807) is 0 Å². The van der Waals surface area contributed by atoms with Gasteiger partial charge in [0.05, 0.1) is 11.3 Å². The Balaban J connectivity index is 1.66. The lowest BCUT2D eigenvalue weighted by Crippen LogP contribution is -2.49. The molecule has 0 saturated heterocycles. The van der Waals surface area contributed by atoms with Crippen molar-refractivity contribution in [3.63, 3.8) is 0 Å². The van der Waals surface area contributed by atoms with Crippen LogP contribution in [0.5, 0.6) is 5.75 Å². The fourth-order valence-corrected chi connectivity index (χ4v) is 4.40. The standard InChI is InChI=1S/C29H23N3O2/c30-19-20-34-25-17-15-23(16-18-25)28-31(21-22-9-3-1-4-10-22)27-14-8-7-13-26(27)29(33)32(28)24-11-5-2-6-12-24/h1-18,28H,20-21H2/t28-/m1/s1. The maximum absolute atomic E-state index is 13.8. The highest BCUT2D eigenvalue weighted by Gasteiger charge is 2.39. The largest absolute Gasteiger partial charge is 0.479 e. The molecule has 5 rings (SSSR count). The Hall–Kier alpha value is -4.56. The number of carbonyl (C=O) groups excluding carboxylic acids is 1.